The molecule has 1 saturated heterocycles. The summed E-state index contributed by atoms with van der Waals surface area (Å²) in [6, 6.07) is 7.81. The highest BCUT2D eigenvalue weighted by molar-refractivity contribution is 6.46. The molecule has 0 spiro atoms. The number of carbonyl (C=O) groups excluding carboxylic acids is 3. The Hall–Kier alpha value is -3.09. The van der Waals surface area contributed by atoms with Gasteiger partial charge >= 0.3 is 6.03 Å². The zero-order valence-electron chi connectivity index (χ0n) is 19.6. The first-order valence-electron chi connectivity index (χ1n) is 10.9. The highest BCUT2D eigenvalue weighted by Gasteiger charge is 2.38. The van der Waals surface area contributed by atoms with Crippen molar-refractivity contribution in [2.75, 3.05) is 16.3 Å². The van der Waals surface area contributed by atoms with Crippen molar-refractivity contribution in [1.29, 1.82) is 0 Å². The number of fused-ring (bicyclic) bond motifs is 1. The molecule has 0 unspecified atom stereocenters. The molecule has 0 aromatic heterocycles. The molecule has 4 rings (SSSR count). The van der Waals surface area contributed by atoms with Gasteiger partial charge in [-0.05, 0) is 81.7 Å². The molecule has 2 aliphatic rings. The van der Waals surface area contributed by atoms with E-state index in [2.05, 4.69) is 50.1 Å². The predicted molar refractivity (Wildman–Crippen MR) is 137 cm³/mol. The second kappa shape index (κ2) is 8.60. The Balaban J connectivity index is 1.82. The largest absolute Gasteiger partial charge is 0.363 e. The maximum atomic E-state index is 13.3. The van der Waals surface area contributed by atoms with Gasteiger partial charge in [-0.15, -0.1) is 0 Å². The number of halogens is 2. The third kappa shape index (κ3) is 3.91. The number of allylic oxidation sites excluding steroid dienone is 1. The molecular formula is C26H25Cl2N3O3. The van der Waals surface area contributed by atoms with Crippen LogP contribution in [0.3, 0.4) is 0 Å². The number of imide groups is 2. The third-order valence-electron chi connectivity index (χ3n) is 6.26. The first-order valence-corrected chi connectivity index (χ1v) is 11.7. The molecule has 4 amide bonds. The van der Waals surface area contributed by atoms with E-state index in [1.807, 2.05) is 13.0 Å². The SMILES string of the molecule is CCN1c2cc(C)c(/C=C3/C(=O)NC(=O)N(c4cccc(Cl)c4Cl)C3=O)cc2C(C)=CC1(C)C. The quantitative estimate of drug-likeness (QED) is 0.417. The number of nitrogens with one attached hydrogen (secondary N) is 1. The fourth-order valence-corrected chi connectivity index (χ4v) is 5.05. The number of barbiturate groups is 1. The van der Waals surface area contributed by atoms with E-state index in [0.29, 0.717) is 5.56 Å². The van der Waals surface area contributed by atoms with Gasteiger partial charge in [0.05, 0.1) is 21.3 Å². The molecule has 0 bridgehead atoms. The van der Waals surface area contributed by atoms with Crippen LogP contribution in [0.1, 0.15) is 44.4 Å². The molecule has 1 fully saturated rings. The highest BCUT2D eigenvalue weighted by atomic mass is 35.5. The van der Waals surface area contributed by atoms with Crippen molar-refractivity contribution in [2.45, 2.75) is 40.2 Å². The van der Waals surface area contributed by atoms with Crippen LogP contribution in [0, 0.1) is 6.92 Å². The molecule has 0 atom stereocenters. The third-order valence-corrected chi connectivity index (χ3v) is 7.06. The lowest BCUT2D eigenvalue weighted by atomic mass is 9.86. The van der Waals surface area contributed by atoms with Crippen LogP contribution in [0.4, 0.5) is 16.2 Å². The topological polar surface area (TPSA) is 69.7 Å². The Morgan fingerprint density at radius 2 is 1.76 bits per heavy atom. The van der Waals surface area contributed by atoms with E-state index in [-0.39, 0.29) is 26.8 Å². The highest BCUT2D eigenvalue weighted by Crippen LogP contribution is 2.41. The summed E-state index contributed by atoms with van der Waals surface area (Å²) in [6.45, 7) is 11.3. The van der Waals surface area contributed by atoms with Gasteiger partial charge in [-0.1, -0.05) is 35.3 Å². The summed E-state index contributed by atoms with van der Waals surface area (Å²) in [4.78, 5) is 41.7. The van der Waals surface area contributed by atoms with Crippen LogP contribution in [-0.4, -0.2) is 29.9 Å². The first-order chi connectivity index (χ1) is 16.0. The second-order valence-corrected chi connectivity index (χ2v) is 9.77. The lowest BCUT2D eigenvalue weighted by Crippen LogP contribution is -2.54. The first kappa shape index (κ1) is 24.0. The molecule has 2 aliphatic heterocycles. The van der Waals surface area contributed by atoms with Gasteiger partial charge in [0.2, 0.25) is 0 Å². The van der Waals surface area contributed by atoms with Crippen molar-refractivity contribution in [1.82, 2.24) is 5.32 Å². The van der Waals surface area contributed by atoms with Gasteiger partial charge in [0.15, 0.2) is 0 Å². The molecule has 34 heavy (non-hydrogen) atoms. The number of amides is 4. The fraction of sp³-hybridized carbons (Fsp3) is 0.269. The van der Waals surface area contributed by atoms with Crippen molar-refractivity contribution in [3.63, 3.8) is 0 Å². The summed E-state index contributed by atoms with van der Waals surface area (Å²) in [7, 11) is 0. The van der Waals surface area contributed by atoms with Crippen molar-refractivity contribution in [3.05, 3.63) is 68.7 Å². The summed E-state index contributed by atoms with van der Waals surface area (Å²) in [5.74, 6) is -1.52. The van der Waals surface area contributed by atoms with E-state index in [0.717, 1.165) is 33.8 Å². The van der Waals surface area contributed by atoms with E-state index in [1.54, 1.807) is 12.1 Å². The van der Waals surface area contributed by atoms with Crippen LogP contribution in [0.5, 0.6) is 0 Å². The summed E-state index contributed by atoms with van der Waals surface area (Å²) in [5.41, 5.74) is 4.69. The van der Waals surface area contributed by atoms with Crippen LogP contribution < -0.4 is 15.1 Å². The second-order valence-electron chi connectivity index (χ2n) is 8.98. The molecule has 0 radical (unpaired) electrons. The molecule has 8 heteroatoms. The molecule has 0 saturated carbocycles. The summed E-state index contributed by atoms with van der Waals surface area (Å²) >= 11 is 12.3. The van der Waals surface area contributed by atoms with Gasteiger partial charge in [-0.2, -0.15) is 0 Å². The Morgan fingerprint density at radius 1 is 1.06 bits per heavy atom. The number of carbonyl (C=O) groups is 3. The zero-order valence-corrected chi connectivity index (χ0v) is 21.1. The smallest absolute Gasteiger partial charge is 0.336 e. The lowest BCUT2D eigenvalue weighted by Gasteiger charge is -2.43. The fourth-order valence-electron chi connectivity index (χ4n) is 4.67. The van der Waals surface area contributed by atoms with Crippen LogP contribution in [0.15, 0.2) is 42.0 Å². The number of hydrogen-bond acceptors (Lipinski definition) is 4. The van der Waals surface area contributed by atoms with E-state index in [9.17, 15) is 14.4 Å². The van der Waals surface area contributed by atoms with E-state index in [1.165, 1.54) is 12.1 Å². The number of aryl methyl sites for hydroxylation is 1. The number of anilines is 2. The van der Waals surface area contributed by atoms with Gasteiger partial charge < -0.3 is 4.90 Å². The van der Waals surface area contributed by atoms with Gasteiger partial charge in [-0.3, -0.25) is 14.9 Å². The number of hydrogen-bond donors (Lipinski definition) is 1. The summed E-state index contributed by atoms with van der Waals surface area (Å²) < 4.78 is 0. The average Bonchev–Trinajstić information content (AvgIpc) is 2.74. The van der Waals surface area contributed by atoms with Crippen LogP contribution >= 0.6 is 23.2 Å². The van der Waals surface area contributed by atoms with Crippen LogP contribution in [0.25, 0.3) is 11.6 Å². The van der Waals surface area contributed by atoms with Crippen molar-refractivity contribution in [2.24, 2.45) is 0 Å². The number of benzene rings is 2. The Labute approximate surface area is 208 Å². The maximum Gasteiger partial charge on any atom is 0.336 e. The minimum atomic E-state index is -0.877. The Kier molecular flexibility index (Phi) is 6.08. The lowest BCUT2D eigenvalue weighted by molar-refractivity contribution is -0.122. The van der Waals surface area contributed by atoms with Crippen molar-refractivity contribution in [3.8, 4) is 0 Å². The molecular weight excluding hydrogens is 473 g/mol. The number of likely N-dealkylation sites (N-methyl/N-ethyl adjacent to an activating group) is 1. The normalized spacial score (nSPS) is 18.7. The van der Waals surface area contributed by atoms with Crippen LogP contribution in [-0.2, 0) is 9.59 Å². The minimum absolute atomic E-state index is 0.0503. The van der Waals surface area contributed by atoms with E-state index < -0.39 is 17.8 Å². The van der Waals surface area contributed by atoms with Crippen molar-refractivity contribution >= 4 is 64.1 Å². The number of urea groups is 1. The minimum Gasteiger partial charge on any atom is -0.363 e. The molecule has 0 aliphatic carbocycles. The summed E-state index contributed by atoms with van der Waals surface area (Å²) in [5, 5.41) is 2.47. The number of rotatable bonds is 3. The van der Waals surface area contributed by atoms with E-state index >= 15 is 0 Å². The predicted octanol–water partition coefficient (Wildman–Crippen LogP) is 5.99. The van der Waals surface area contributed by atoms with Crippen LogP contribution in [0.2, 0.25) is 10.0 Å². The molecule has 6 nitrogen and oxygen atoms in total. The monoisotopic (exact) mass is 497 g/mol. The molecule has 176 valence electrons. The molecule has 1 N–H and O–H groups in total. The molecule has 2 heterocycles. The molecule has 2 aromatic carbocycles. The zero-order chi connectivity index (χ0) is 24.9. The van der Waals surface area contributed by atoms with Gasteiger partial charge in [0.1, 0.15) is 5.57 Å². The van der Waals surface area contributed by atoms with Gasteiger partial charge in [0, 0.05) is 17.8 Å². The maximum absolute atomic E-state index is 13.3. The Morgan fingerprint density at radius 3 is 2.44 bits per heavy atom. The standard InChI is InChI=1S/C26H25Cl2N3O3/c1-6-30-21-10-14(2)16(11-17(21)15(3)13-26(30,4)5)12-18-23(32)29-25(34)31(24(18)33)20-9-7-8-19(27)22(20)28/h7-13H,6H2,1-5H3,(H,29,32,34)/b18-12-. The average molecular weight is 498 g/mol. The Bertz CT molecular complexity index is 1310. The summed E-state index contributed by atoms with van der Waals surface area (Å²) in [6.07, 6.45) is 3.74. The van der Waals surface area contributed by atoms with Gasteiger partial charge in [0.25, 0.3) is 11.8 Å². The molecule has 2 aromatic rings. The van der Waals surface area contributed by atoms with E-state index in [4.69, 9.17) is 23.2 Å². The van der Waals surface area contributed by atoms with Gasteiger partial charge in [-0.25, -0.2) is 9.69 Å². The van der Waals surface area contributed by atoms with Crippen molar-refractivity contribution < 1.29 is 14.4 Å². The number of nitrogens with zero attached hydrogens (tertiary/aromatic N) is 2.